The first-order chi connectivity index (χ1) is 17.8. The van der Waals surface area contributed by atoms with Crippen LogP contribution in [0.2, 0.25) is 0 Å². The highest BCUT2D eigenvalue weighted by Gasteiger charge is 2.23. The molecule has 7 nitrogen and oxygen atoms in total. The molecule has 0 fully saturated rings. The van der Waals surface area contributed by atoms with E-state index in [2.05, 4.69) is 4.98 Å². The zero-order valence-corrected chi connectivity index (χ0v) is 21.8. The summed E-state index contributed by atoms with van der Waals surface area (Å²) in [7, 11) is 0. The average molecular weight is 510 g/mol. The highest BCUT2D eigenvalue weighted by Crippen LogP contribution is 2.19. The molecule has 1 aromatic heterocycles. The Morgan fingerprint density at radius 2 is 1.70 bits per heavy atom. The molecule has 3 rings (SSSR count). The number of halogens is 1. The van der Waals surface area contributed by atoms with E-state index in [1.54, 1.807) is 24.0 Å². The number of nitrogens with zero attached hydrogens (tertiary/aromatic N) is 2. The van der Waals surface area contributed by atoms with Gasteiger partial charge >= 0.3 is 5.97 Å². The number of hydrogen-bond donors (Lipinski definition) is 1. The third-order valence-electron chi connectivity index (χ3n) is 6.08. The molecule has 1 N–H and O–H groups in total. The number of carbonyl (C=O) groups excluding carboxylic acids is 3. The van der Waals surface area contributed by atoms with E-state index in [4.69, 9.17) is 4.74 Å². The molecule has 0 radical (unpaired) electrons. The minimum absolute atomic E-state index is 0.00780. The van der Waals surface area contributed by atoms with Crippen molar-refractivity contribution in [2.75, 3.05) is 26.2 Å². The first kappa shape index (κ1) is 27.9. The van der Waals surface area contributed by atoms with Crippen LogP contribution in [0.3, 0.4) is 0 Å². The van der Waals surface area contributed by atoms with Gasteiger partial charge in [0.2, 0.25) is 11.8 Å². The number of H-pyrrole nitrogens is 1. The number of fused-ring (bicyclic) bond motifs is 1. The van der Waals surface area contributed by atoms with Crippen LogP contribution in [-0.4, -0.2) is 58.8 Å². The summed E-state index contributed by atoms with van der Waals surface area (Å²) in [6.07, 6.45) is 2.55. The number of para-hydroxylation sites is 1. The molecule has 0 saturated heterocycles. The van der Waals surface area contributed by atoms with E-state index in [1.807, 2.05) is 44.3 Å². The van der Waals surface area contributed by atoms with E-state index < -0.39 is 5.97 Å². The minimum Gasteiger partial charge on any atom is -0.466 e. The Hall–Kier alpha value is -3.68. The summed E-state index contributed by atoms with van der Waals surface area (Å²) >= 11 is 0. The molecule has 0 bridgehead atoms. The third kappa shape index (κ3) is 8.44. The van der Waals surface area contributed by atoms with Crippen molar-refractivity contribution in [3.05, 3.63) is 71.7 Å². The van der Waals surface area contributed by atoms with Crippen molar-refractivity contribution in [3.63, 3.8) is 0 Å². The Kier molecular flexibility index (Phi) is 10.2. The highest BCUT2D eigenvalue weighted by molar-refractivity contribution is 5.87. The molecule has 3 aromatic rings. The minimum atomic E-state index is -0.427. The van der Waals surface area contributed by atoms with Crippen molar-refractivity contribution in [1.82, 2.24) is 14.8 Å². The van der Waals surface area contributed by atoms with Crippen LogP contribution in [0.1, 0.15) is 44.7 Å². The van der Waals surface area contributed by atoms with E-state index in [0.717, 1.165) is 22.0 Å². The number of nitrogens with one attached hydrogen (secondary N) is 1. The number of benzene rings is 2. The van der Waals surface area contributed by atoms with E-state index in [-0.39, 0.29) is 49.5 Å². The van der Waals surface area contributed by atoms with Crippen LogP contribution in [0.25, 0.3) is 10.9 Å². The zero-order valence-electron chi connectivity index (χ0n) is 21.8. The predicted molar refractivity (Wildman–Crippen MR) is 141 cm³/mol. The molecule has 0 aliphatic carbocycles. The topological polar surface area (TPSA) is 82.7 Å². The molecule has 2 aromatic carbocycles. The number of aromatic amines is 1. The Morgan fingerprint density at radius 3 is 2.41 bits per heavy atom. The summed E-state index contributed by atoms with van der Waals surface area (Å²) in [5.74, 6) is -1.07. The van der Waals surface area contributed by atoms with Crippen LogP contribution in [0.15, 0.2) is 54.7 Å². The lowest BCUT2D eigenvalue weighted by Crippen LogP contribution is -2.44. The van der Waals surface area contributed by atoms with Crippen LogP contribution in [-0.2, 0) is 32.1 Å². The van der Waals surface area contributed by atoms with Crippen LogP contribution in [0.5, 0.6) is 0 Å². The van der Waals surface area contributed by atoms with E-state index in [0.29, 0.717) is 26.1 Å². The van der Waals surface area contributed by atoms with Gasteiger partial charge in [-0.15, -0.1) is 0 Å². The van der Waals surface area contributed by atoms with Gasteiger partial charge in [0.1, 0.15) is 5.82 Å². The lowest BCUT2D eigenvalue weighted by atomic mass is 10.1. The smallest absolute Gasteiger partial charge is 0.306 e. The number of carbonyl (C=O) groups is 3. The number of hydrogen-bond acceptors (Lipinski definition) is 4. The predicted octanol–water partition coefficient (Wildman–Crippen LogP) is 4.71. The molecular formula is C29H36FN3O4. The molecule has 37 heavy (non-hydrogen) atoms. The van der Waals surface area contributed by atoms with Crippen molar-refractivity contribution in [2.24, 2.45) is 5.92 Å². The van der Waals surface area contributed by atoms with Crippen LogP contribution in [0, 0.1) is 11.7 Å². The number of rotatable bonds is 13. The van der Waals surface area contributed by atoms with Gasteiger partial charge in [-0.1, -0.05) is 44.2 Å². The normalized spacial score (nSPS) is 11.1. The van der Waals surface area contributed by atoms with Crippen LogP contribution >= 0.6 is 0 Å². The van der Waals surface area contributed by atoms with E-state index in [1.165, 1.54) is 17.0 Å². The fraction of sp³-hybridized carbons (Fsp3) is 0.414. The maximum absolute atomic E-state index is 13.5. The molecule has 0 aliphatic rings. The largest absolute Gasteiger partial charge is 0.466 e. The van der Waals surface area contributed by atoms with Crippen LogP contribution < -0.4 is 0 Å². The van der Waals surface area contributed by atoms with Gasteiger partial charge in [-0.2, -0.15) is 0 Å². The van der Waals surface area contributed by atoms with Crippen LogP contribution in [0.4, 0.5) is 4.39 Å². The highest BCUT2D eigenvalue weighted by atomic mass is 19.1. The van der Waals surface area contributed by atoms with Crippen molar-refractivity contribution < 1.29 is 23.5 Å². The van der Waals surface area contributed by atoms with Gasteiger partial charge in [-0.3, -0.25) is 14.4 Å². The number of ether oxygens (including phenoxy) is 1. The standard InChI is InChI=1S/C29H36FN3O4/c1-4-37-29(36)14-13-27(34)33(18-21(2)3)20-28(35)32(19-22-9-11-24(30)12-10-22)16-15-23-17-31-26-8-6-5-7-25(23)26/h5-12,17,21,31H,4,13-16,18-20H2,1-3H3. The first-order valence-electron chi connectivity index (χ1n) is 12.8. The maximum atomic E-state index is 13.5. The molecule has 0 unspecified atom stereocenters. The van der Waals surface area contributed by atoms with E-state index >= 15 is 0 Å². The zero-order chi connectivity index (χ0) is 26.8. The van der Waals surface area contributed by atoms with Gasteiger partial charge in [-0.05, 0) is 48.6 Å². The molecule has 0 aliphatic heterocycles. The molecule has 0 spiro atoms. The van der Waals surface area contributed by atoms with Crippen molar-refractivity contribution in [3.8, 4) is 0 Å². The molecule has 1 heterocycles. The monoisotopic (exact) mass is 509 g/mol. The Morgan fingerprint density at radius 1 is 0.973 bits per heavy atom. The number of amides is 2. The number of esters is 1. The van der Waals surface area contributed by atoms with Crippen molar-refractivity contribution >= 4 is 28.7 Å². The summed E-state index contributed by atoms with van der Waals surface area (Å²) in [5, 5.41) is 1.10. The lowest BCUT2D eigenvalue weighted by Gasteiger charge is -2.29. The molecule has 0 saturated carbocycles. The summed E-state index contributed by atoms with van der Waals surface area (Å²) in [6.45, 7) is 6.98. The van der Waals surface area contributed by atoms with Gasteiger partial charge in [0.05, 0.1) is 19.6 Å². The summed E-state index contributed by atoms with van der Waals surface area (Å²) in [6, 6.07) is 14.1. The summed E-state index contributed by atoms with van der Waals surface area (Å²) < 4.78 is 18.4. The fourth-order valence-electron chi connectivity index (χ4n) is 4.25. The van der Waals surface area contributed by atoms with Crippen molar-refractivity contribution in [1.29, 1.82) is 0 Å². The van der Waals surface area contributed by atoms with Gasteiger partial charge in [0.15, 0.2) is 0 Å². The lowest BCUT2D eigenvalue weighted by molar-refractivity contribution is -0.146. The van der Waals surface area contributed by atoms with Gasteiger partial charge in [0, 0.05) is 43.2 Å². The fourth-order valence-corrected chi connectivity index (χ4v) is 4.25. The second-order valence-corrected chi connectivity index (χ2v) is 9.52. The quantitative estimate of drug-likeness (QED) is 0.339. The molecular weight excluding hydrogens is 473 g/mol. The second kappa shape index (κ2) is 13.6. The summed E-state index contributed by atoms with van der Waals surface area (Å²) in [4.78, 5) is 44.7. The second-order valence-electron chi connectivity index (χ2n) is 9.52. The Balaban J connectivity index is 1.74. The van der Waals surface area contributed by atoms with Gasteiger partial charge in [0.25, 0.3) is 0 Å². The number of aromatic nitrogens is 1. The average Bonchev–Trinajstić information content (AvgIpc) is 3.28. The van der Waals surface area contributed by atoms with Gasteiger partial charge < -0.3 is 19.5 Å². The molecule has 0 atom stereocenters. The molecule has 8 heteroatoms. The van der Waals surface area contributed by atoms with E-state index in [9.17, 15) is 18.8 Å². The Bertz CT molecular complexity index is 1190. The first-order valence-corrected chi connectivity index (χ1v) is 12.8. The molecule has 2 amide bonds. The summed E-state index contributed by atoms with van der Waals surface area (Å²) in [5.41, 5.74) is 2.93. The molecule has 198 valence electrons. The third-order valence-corrected chi connectivity index (χ3v) is 6.08. The van der Waals surface area contributed by atoms with Crippen molar-refractivity contribution in [2.45, 2.75) is 46.6 Å². The maximum Gasteiger partial charge on any atom is 0.306 e. The van der Waals surface area contributed by atoms with Gasteiger partial charge in [-0.25, -0.2) is 4.39 Å². The Labute approximate surface area is 217 Å². The SMILES string of the molecule is CCOC(=O)CCC(=O)N(CC(=O)N(CCc1c[nH]c2ccccc12)Cc1ccc(F)cc1)CC(C)C.